The zero-order valence-electron chi connectivity index (χ0n) is 11.8. The molecule has 0 atom stereocenters. The predicted molar refractivity (Wildman–Crippen MR) is 82.2 cm³/mol. The monoisotopic (exact) mass is 296 g/mol. The van der Waals surface area contributed by atoms with Crippen LogP contribution in [0.1, 0.15) is 0 Å². The molecule has 1 aromatic carbocycles. The molecule has 0 bridgehead atoms. The Morgan fingerprint density at radius 1 is 1.05 bits per heavy atom. The van der Waals surface area contributed by atoms with Crippen molar-refractivity contribution in [2.75, 3.05) is 7.11 Å². The van der Waals surface area contributed by atoms with Crippen LogP contribution in [0.25, 0.3) is 22.3 Å². The quantitative estimate of drug-likeness (QED) is 0.807. The van der Waals surface area contributed by atoms with Gasteiger partial charge in [-0.2, -0.15) is 0 Å². The molecule has 0 spiro atoms. The fourth-order valence-corrected chi connectivity index (χ4v) is 2.19. The van der Waals surface area contributed by atoms with E-state index in [1.54, 1.807) is 31.5 Å². The summed E-state index contributed by atoms with van der Waals surface area (Å²) >= 11 is 0. The maximum absolute atomic E-state index is 13.8. The van der Waals surface area contributed by atoms with E-state index < -0.39 is 5.82 Å². The molecular weight excluding hydrogens is 283 g/mol. The first-order valence-corrected chi connectivity index (χ1v) is 6.66. The maximum atomic E-state index is 13.8. The number of aromatic nitrogens is 2. The zero-order valence-corrected chi connectivity index (χ0v) is 11.8. The molecular formula is C17H13FN2O2. The van der Waals surface area contributed by atoms with Gasteiger partial charge in [-0.3, -0.25) is 4.79 Å². The van der Waals surface area contributed by atoms with Crippen LogP contribution in [0.3, 0.4) is 0 Å². The number of halogens is 1. The van der Waals surface area contributed by atoms with Crippen LogP contribution in [-0.4, -0.2) is 17.1 Å². The van der Waals surface area contributed by atoms with Gasteiger partial charge in [0.15, 0.2) is 0 Å². The van der Waals surface area contributed by atoms with Crippen molar-refractivity contribution in [2.24, 2.45) is 0 Å². The lowest BCUT2D eigenvalue weighted by Crippen LogP contribution is -2.04. The molecule has 0 saturated heterocycles. The number of hydrogen-bond donors (Lipinski definition) is 1. The fourth-order valence-electron chi connectivity index (χ4n) is 2.19. The standard InChI is InChI=1S/C17H13FN2O2/c1-22-17-7-6-13(9-20-17)11-2-4-12(5-3-11)14-8-16(21)19-10-15(14)18/h2-10H,1H3,(H,19,21). The number of nitrogens with one attached hydrogen (secondary N) is 1. The number of rotatable bonds is 3. The molecule has 4 nitrogen and oxygen atoms in total. The van der Waals surface area contributed by atoms with Gasteiger partial charge in [0, 0.05) is 35.7 Å². The average Bonchev–Trinajstić information content (AvgIpc) is 2.57. The molecule has 2 aromatic heterocycles. The van der Waals surface area contributed by atoms with Gasteiger partial charge >= 0.3 is 0 Å². The van der Waals surface area contributed by atoms with Crippen LogP contribution in [-0.2, 0) is 0 Å². The summed E-state index contributed by atoms with van der Waals surface area (Å²) in [5, 5.41) is 0. The van der Waals surface area contributed by atoms with Crippen LogP contribution in [0.5, 0.6) is 5.88 Å². The number of benzene rings is 1. The molecule has 0 aliphatic heterocycles. The Labute approximate surface area is 126 Å². The van der Waals surface area contributed by atoms with Gasteiger partial charge in [-0.05, 0) is 17.2 Å². The van der Waals surface area contributed by atoms with Crippen LogP contribution >= 0.6 is 0 Å². The Morgan fingerprint density at radius 3 is 2.36 bits per heavy atom. The fraction of sp³-hybridized carbons (Fsp3) is 0.0588. The molecule has 5 heteroatoms. The molecule has 0 aliphatic rings. The van der Waals surface area contributed by atoms with Crippen molar-refractivity contribution < 1.29 is 9.13 Å². The smallest absolute Gasteiger partial charge is 0.248 e. The van der Waals surface area contributed by atoms with Crippen molar-refractivity contribution >= 4 is 0 Å². The van der Waals surface area contributed by atoms with E-state index in [2.05, 4.69) is 9.97 Å². The highest BCUT2D eigenvalue weighted by molar-refractivity contribution is 5.70. The van der Waals surface area contributed by atoms with Crippen LogP contribution in [0, 0.1) is 5.82 Å². The highest BCUT2D eigenvalue weighted by Gasteiger charge is 2.06. The topological polar surface area (TPSA) is 55.0 Å². The Balaban J connectivity index is 1.95. The third-order valence-electron chi connectivity index (χ3n) is 3.35. The average molecular weight is 296 g/mol. The Bertz CT molecular complexity index is 840. The van der Waals surface area contributed by atoms with Gasteiger partial charge in [-0.25, -0.2) is 9.37 Å². The molecule has 0 saturated carbocycles. The summed E-state index contributed by atoms with van der Waals surface area (Å²) in [7, 11) is 1.56. The molecule has 3 rings (SSSR count). The van der Waals surface area contributed by atoms with Crippen molar-refractivity contribution in [3.8, 4) is 28.1 Å². The number of nitrogens with zero attached hydrogens (tertiary/aromatic N) is 1. The minimum absolute atomic E-state index is 0.281. The zero-order chi connectivity index (χ0) is 15.5. The number of pyridine rings is 2. The maximum Gasteiger partial charge on any atom is 0.248 e. The second-order valence-electron chi connectivity index (χ2n) is 4.73. The number of aromatic amines is 1. The van der Waals surface area contributed by atoms with Crippen molar-refractivity contribution in [3.05, 3.63) is 71.0 Å². The molecule has 2 heterocycles. The Morgan fingerprint density at radius 2 is 1.73 bits per heavy atom. The van der Waals surface area contributed by atoms with E-state index in [-0.39, 0.29) is 11.1 Å². The van der Waals surface area contributed by atoms with E-state index in [4.69, 9.17) is 4.74 Å². The minimum Gasteiger partial charge on any atom is -0.481 e. The molecule has 0 amide bonds. The van der Waals surface area contributed by atoms with Gasteiger partial charge in [0.25, 0.3) is 0 Å². The van der Waals surface area contributed by atoms with E-state index in [0.717, 1.165) is 17.3 Å². The van der Waals surface area contributed by atoms with Gasteiger partial charge in [0.05, 0.1) is 7.11 Å². The minimum atomic E-state index is -0.460. The second-order valence-corrected chi connectivity index (χ2v) is 4.73. The Hall–Kier alpha value is -2.95. The summed E-state index contributed by atoms with van der Waals surface area (Å²) in [6, 6.07) is 12.2. The number of H-pyrrole nitrogens is 1. The Kier molecular flexibility index (Phi) is 3.70. The lowest BCUT2D eigenvalue weighted by Gasteiger charge is -2.06. The molecule has 110 valence electrons. The van der Waals surface area contributed by atoms with E-state index in [1.165, 1.54) is 6.07 Å². The highest BCUT2D eigenvalue weighted by Crippen LogP contribution is 2.25. The van der Waals surface area contributed by atoms with Crippen LogP contribution in [0.4, 0.5) is 4.39 Å². The summed E-state index contributed by atoms with van der Waals surface area (Å²) in [6.45, 7) is 0. The first-order valence-electron chi connectivity index (χ1n) is 6.66. The van der Waals surface area contributed by atoms with Crippen molar-refractivity contribution in [1.29, 1.82) is 0 Å². The molecule has 0 radical (unpaired) electrons. The van der Waals surface area contributed by atoms with Crippen LogP contribution in [0.2, 0.25) is 0 Å². The summed E-state index contributed by atoms with van der Waals surface area (Å²) < 4.78 is 18.8. The summed E-state index contributed by atoms with van der Waals surface area (Å²) in [4.78, 5) is 17.8. The molecule has 3 aromatic rings. The van der Waals surface area contributed by atoms with Crippen molar-refractivity contribution in [1.82, 2.24) is 9.97 Å². The van der Waals surface area contributed by atoms with Gasteiger partial charge in [0.1, 0.15) is 5.82 Å². The number of ether oxygens (including phenoxy) is 1. The third-order valence-corrected chi connectivity index (χ3v) is 3.35. The van der Waals surface area contributed by atoms with Crippen LogP contribution in [0.15, 0.2) is 59.7 Å². The molecule has 0 unspecified atom stereocenters. The predicted octanol–water partition coefficient (Wildman–Crippen LogP) is 3.25. The van der Waals surface area contributed by atoms with Gasteiger partial charge in [-0.15, -0.1) is 0 Å². The highest BCUT2D eigenvalue weighted by atomic mass is 19.1. The van der Waals surface area contributed by atoms with Crippen LogP contribution < -0.4 is 10.3 Å². The molecule has 0 fully saturated rings. The lowest BCUT2D eigenvalue weighted by atomic mass is 10.0. The lowest BCUT2D eigenvalue weighted by molar-refractivity contribution is 0.398. The van der Waals surface area contributed by atoms with Crippen molar-refractivity contribution in [3.63, 3.8) is 0 Å². The number of methoxy groups -OCH3 is 1. The summed E-state index contributed by atoms with van der Waals surface area (Å²) in [5.74, 6) is 0.0874. The normalized spacial score (nSPS) is 10.5. The molecule has 22 heavy (non-hydrogen) atoms. The van der Waals surface area contributed by atoms with E-state index in [9.17, 15) is 9.18 Å². The van der Waals surface area contributed by atoms with Gasteiger partial charge < -0.3 is 9.72 Å². The van der Waals surface area contributed by atoms with Gasteiger partial charge in [-0.1, -0.05) is 24.3 Å². The largest absolute Gasteiger partial charge is 0.481 e. The van der Waals surface area contributed by atoms with E-state index in [1.807, 2.05) is 18.2 Å². The molecule has 0 aliphatic carbocycles. The van der Waals surface area contributed by atoms with E-state index in [0.29, 0.717) is 11.4 Å². The SMILES string of the molecule is COc1ccc(-c2ccc(-c3cc(=O)[nH]cc3F)cc2)cn1. The van der Waals surface area contributed by atoms with Crippen molar-refractivity contribution in [2.45, 2.75) is 0 Å². The van der Waals surface area contributed by atoms with Gasteiger partial charge in [0.2, 0.25) is 11.4 Å². The first kappa shape index (κ1) is 14.0. The summed E-state index contributed by atoms with van der Waals surface area (Å²) in [6.07, 6.45) is 2.78. The molecule has 1 N–H and O–H groups in total. The second kappa shape index (κ2) is 5.81. The van der Waals surface area contributed by atoms with E-state index >= 15 is 0 Å². The number of hydrogen-bond acceptors (Lipinski definition) is 3. The first-order chi connectivity index (χ1) is 10.7. The summed E-state index contributed by atoms with van der Waals surface area (Å²) in [5.41, 5.74) is 2.47. The third kappa shape index (κ3) is 2.74.